The van der Waals surface area contributed by atoms with Gasteiger partial charge in [-0.15, -0.1) is 0 Å². The van der Waals surface area contributed by atoms with Crippen molar-refractivity contribution in [3.8, 4) is 0 Å². The number of likely N-dealkylation sites (N-methyl/N-ethyl adjacent to an activating group) is 1. The van der Waals surface area contributed by atoms with Crippen LogP contribution in [0.5, 0.6) is 0 Å². The quantitative estimate of drug-likeness (QED) is 0.913. The average molecular weight is 256 g/mol. The van der Waals surface area contributed by atoms with Crippen LogP contribution in [0.4, 0.5) is 0 Å². The van der Waals surface area contributed by atoms with Crippen LogP contribution in [0, 0.1) is 0 Å². The summed E-state index contributed by atoms with van der Waals surface area (Å²) in [5.41, 5.74) is 2.35. The first kappa shape index (κ1) is 12.6. The summed E-state index contributed by atoms with van der Waals surface area (Å²) in [4.78, 5) is 4.37. The zero-order chi connectivity index (χ0) is 13.1. The van der Waals surface area contributed by atoms with Gasteiger partial charge in [0.25, 0.3) is 0 Å². The summed E-state index contributed by atoms with van der Waals surface area (Å²) in [7, 11) is 0. The Labute approximate surface area is 114 Å². The molecule has 2 heterocycles. The Hall–Kier alpha value is -1.45. The number of nitrogens with one attached hydrogen (secondary N) is 1. The van der Waals surface area contributed by atoms with Crippen LogP contribution in [0.25, 0.3) is 10.9 Å². The van der Waals surface area contributed by atoms with E-state index in [1.165, 1.54) is 17.4 Å². The molecule has 1 aromatic heterocycles. The Bertz CT molecular complexity index is 549. The van der Waals surface area contributed by atoms with Crippen LogP contribution in [-0.2, 0) is 4.74 Å². The second-order valence-electron chi connectivity index (χ2n) is 5.04. The maximum atomic E-state index is 5.86. The van der Waals surface area contributed by atoms with E-state index in [9.17, 15) is 0 Å². The van der Waals surface area contributed by atoms with Crippen molar-refractivity contribution >= 4 is 10.9 Å². The van der Waals surface area contributed by atoms with Gasteiger partial charge in [0.05, 0.1) is 17.7 Å². The molecule has 3 heteroatoms. The summed E-state index contributed by atoms with van der Waals surface area (Å²) in [6, 6.07) is 10.9. The van der Waals surface area contributed by atoms with E-state index in [4.69, 9.17) is 4.74 Å². The molecule has 3 rings (SSSR count). The Morgan fingerprint density at radius 2 is 2.37 bits per heavy atom. The average Bonchev–Trinajstić information content (AvgIpc) is 2.98. The molecule has 2 unspecified atom stereocenters. The largest absolute Gasteiger partial charge is 0.376 e. The first-order valence-electron chi connectivity index (χ1n) is 7.08. The molecule has 0 amide bonds. The van der Waals surface area contributed by atoms with Crippen LogP contribution in [0.15, 0.2) is 36.5 Å². The SMILES string of the molecule is CCNC(c1ccc2ncccc2c1)C1CCCO1. The van der Waals surface area contributed by atoms with E-state index in [1.807, 2.05) is 12.3 Å². The van der Waals surface area contributed by atoms with Crippen molar-refractivity contribution < 1.29 is 4.74 Å². The van der Waals surface area contributed by atoms with Gasteiger partial charge in [0.2, 0.25) is 0 Å². The number of rotatable bonds is 4. The minimum atomic E-state index is 0.289. The van der Waals surface area contributed by atoms with Gasteiger partial charge in [-0.1, -0.05) is 19.1 Å². The third kappa shape index (κ3) is 2.62. The van der Waals surface area contributed by atoms with Crippen LogP contribution in [0.1, 0.15) is 31.4 Å². The molecule has 1 aliphatic heterocycles. The normalized spacial score (nSPS) is 20.8. The number of benzene rings is 1. The van der Waals surface area contributed by atoms with Crippen molar-refractivity contribution in [2.45, 2.75) is 31.9 Å². The minimum Gasteiger partial charge on any atom is -0.376 e. The van der Waals surface area contributed by atoms with E-state index in [2.05, 4.69) is 41.5 Å². The molecule has 1 N–H and O–H groups in total. The van der Waals surface area contributed by atoms with Gasteiger partial charge in [-0.2, -0.15) is 0 Å². The molecule has 2 aromatic rings. The fourth-order valence-electron chi connectivity index (χ4n) is 2.84. The maximum Gasteiger partial charge on any atom is 0.0770 e. The number of ether oxygens (including phenoxy) is 1. The molecular weight excluding hydrogens is 236 g/mol. The Balaban J connectivity index is 1.94. The summed E-state index contributed by atoms with van der Waals surface area (Å²) in [6.45, 7) is 3.99. The van der Waals surface area contributed by atoms with E-state index >= 15 is 0 Å². The number of pyridine rings is 1. The van der Waals surface area contributed by atoms with Gasteiger partial charge in [-0.25, -0.2) is 0 Å². The van der Waals surface area contributed by atoms with Crippen molar-refractivity contribution in [1.82, 2.24) is 10.3 Å². The van der Waals surface area contributed by atoms with E-state index in [1.54, 1.807) is 0 Å². The summed E-state index contributed by atoms with van der Waals surface area (Å²) < 4.78 is 5.86. The van der Waals surface area contributed by atoms with Gasteiger partial charge >= 0.3 is 0 Å². The van der Waals surface area contributed by atoms with Crippen molar-refractivity contribution in [1.29, 1.82) is 0 Å². The molecule has 0 bridgehead atoms. The monoisotopic (exact) mass is 256 g/mol. The zero-order valence-electron chi connectivity index (χ0n) is 11.3. The molecule has 1 fully saturated rings. The van der Waals surface area contributed by atoms with Crippen molar-refractivity contribution in [2.24, 2.45) is 0 Å². The van der Waals surface area contributed by atoms with Crippen LogP contribution in [-0.4, -0.2) is 24.2 Å². The van der Waals surface area contributed by atoms with Crippen molar-refractivity contribution in [2.75, 3.05) is 13.2 Å². The maximum absolute atomic E-state index is 5.86. The van der Waals surface area contributed by atoms with Crippen molar-refractivity contribution in [3.63, 3.8) is 0 Å². The Kier molecular flexibility index (Phi) is 3.76. The predicted molar refractivity (Wildman–Crippen MR) is 77.1 cm³/mol. The Morgan fingerprint density at radius 3 is 3.16 bits per heavy atom. The Morgan fingerprint density at radius 1 is 1.42 bits per heavy atom. The molecule has 2 atom stereocenters. The first-order chi connectivity index (χ1) is 9.38. The van der Waals surface area contributed by atoms with Gasteiger partial charge in [0, 0.05) is 18.2 Å². The number of fused-ring (bicyclic) bond motifs is 1. The topological polar surface area (TPSA) is 34.2 Å². The van der Waals surface area contributed by atoms with Crippen LogP contribution in [0.2, 0.25) is 0 Å². The number of hydrogen-bond donors (Lipinski definition) is 1. The highest BCUT2D eigenvalue weighted by molar-refractivity contribution is 5.79. The predicted octanol–water partition coefficient (Wildman–Crippen LogP) is 3.06. The number of hydrogen-bond acceptors (Lipinski definition) is 3. The van der Waals surface area contributed by atoms with Gasteiger partial charge in [-0.3, -0.25) is 4.98 Å². The second-order valence-corrected chi connectivity index (χ2v) is 5.04. The lowest BCUT2D eigenvalue weighted by molar-refractivity contribution is 0.0788. The summed E-state index contributed by atoms with van der Waals surface area (Å²) >= 11 is 0. The highest BCUT2D eigenvalue weighted by Crippen LogP contribution is 2.28. The van der Waals surface area contributed by atoms with Crippen molar-refractivity contribution in [3.05, 3.63) is 42.1 Å². The molecule has 0 aliphatic carbocycles. The number of aromatic nitrogens is 1. The van der Waals surface area contributed by atoms with E-state index < -0.39 is 0 Å². The molecular formula is C16H20N2O. The molecule has 0 radical (unpaired) electrons. The van der Waals surface area contributed by atoms with Crippen LogP contribution < -0.4 is 5.32 Å². The summed E-state index contributed by atoms with van der Waals surface area (Å²) in [6.07, 6.45) is 4.45. The molecule has 19 heavy (non-hydrogen) atoms. The molecule has 1 aromatic carbocycles. The fourth-order valence-corrected chi connectivity index (χ4v) is 2.84. The molecule has 1 saturated heterocycles. The molecule has 1 aliphatic rings. The molecule has 3 nitrogen and oxygen atoms in total. The third-order valence-electron chi connectivity index (χ3n) is 3.75. The highest BCUT2D eigenvalue weighted by atomic mass is 16.5. The smallest absolute Gasteiger partial charge is 0.0770 e. The van der Waals surface area contributed by atoms with Gasteiger partial charge in [0.15, 0.2) is 0 Å². The highest BCUT2D eigenvalue weighted by Gasteiger charge is 2.26. The minimum absolute atomic E-state index is 0.289. The van der Waals surface area contributed by atoms with Crippen LogP contribution >= 0.6 is 0 Å². The van der Waals surface area contributed by atoms with Gasteiger partial charge in [0.1, 0.15) is 0 Å². The zero-order valence-corrected chi connectivity index (χ0v) is 11.3. The summed E-state index contributed by atoms with van der Waals surface area (Å²) in [5.74, 6) is 0. The summed E-state index contributed by atoms with van der Waals surface area (Å²) in [5, 5.41) is 4.76. The van der Waals surface area contributed by atoms with Crippen LogP contribution in [0.3, 0.4) is 0 Å². The van der Waals surface area contributed by atoms with Gasteiger partial charge < -0.3 is 10.1 Å². The van der Waals surface area contributed by atoms with E-state index in [0.717, 1.165) is 25.1 Å². The standard InChI is InChI=1S/C16H20N2O/c1-2-17-16(15-6-4-10-19-15)13-7-8-14-12(11-13)5-3-9-18-14/h3,5,7-9,11,15-17H,2,4,6,10H2,1H3. The van der Waals surface area contributed by atoms with E-state index in [0.29, 0.717) is 6.10 Å². The molecule has 100 valence electrons. The molecule has 0 spiro atoms. The lowest BCUT2D eigenvalue weighted by Crippen LogP contribution is -2.31. The lowest BCUT2D eigenvalue weighted by atomic mass is 9.97. The third-order valence-corrected chi connectivity index (χ3v) is 3.75. The van der Waals surface area contributed by atoms with Gasteiger partial charge in [-0.05, 0) is 43.1 Å². The van der Waals surface area contributed by atoms with E-state index in [-0.39, 0.29) is 6.04 Å². The number of nitrogens with zero attached hydrogens (tertiary/aromatic N) is 1. The lowest BCUT2D eigenvalue weighted by Gasteiger charge is -2.24. The fraction of sp³-hybridized carbons (Fsp3) is 0.438. The molecule has 0 saturated carbocycles. The second kappa shape index (κ2) is 5.68. The first-order valence-corrected chi connectivity index (χ1v) is 7.08.